The van der Waals surface area contributed by atoms with E-state index in [-0.39, 0.29) is 10.8 Å². The molecule has 0 radical (unpaired) electrons. The lowest BCUT2D eigenvalue weighted by molar-refractivity contribution is 0.161. The maximum absolute atomic E-state index is 5.32. The van der Waals surface area contributed by atoms with Crippen molar-refractivity contribution >= 4 is 11.8 Å². The number of nitrogens with one attached hydrogen (secondary N) is 1. The van der Waals surface area contributed by atoms with E-state index in [1.807, 2.05) is 11.8 Å². The van der Waals surface area contributed by atoms with Gasteiger partial charge in [0.15, 0.2) is 5.82 Å². The molecule has 5 nitrogen and oxygen atoms in total. The first-order valence-corrected chi connectivity index (χ1v) is 8.11. The lowest BCUT2D eigenvalue weighted by Gasteiger charge is -2.15. The Morgan fingerprint density at radius 3 is 2.75 bits per heavy atom. The first-order valence-electron chi connectivity index (χ1n) is 7.12. The maximum Gasteiger partial charge on any atom is 0.228 e. The first-order chi connectivity index (χ1) is 9.44. The summed E-state index contributed by atoms with van der Waals surface area (Å²) in [5, 5.41) is 7.46. The van der Waals surface area contributed by atoms with E-state index in [1.54, 1.807) is 7.11 Å². The molecule has 0 saturated carbocycles. The van der Waals surface area contributed by atoms with Crippen molar-refractivity contribution in [3.8, 4) is 0 Å². The van der Waals surface area contributed by atoms with Gasteiger partial charge in [-0.3, -0.25) is 0 Å². The summed E-state index contributed by atoms with van der Waals surface area (Å²) >= 11 is 1.82. The third kappa shape index (κ3) is 7.26. The second kappa shape index (κ2) is 8.64. The zero-order valence-electron chi connectivity index (χ0n) is 13.2. The van der Waals surface area contributed by atoms with Crippen molar-refractivity contribution in [2.45, 2.75) is 57.1 Å². The van der Waals surface area contributed by atoms with E-state index in [1.165, 1.54) is 0 Å². The predicted octanol–water partition coefficient (Wildman–Crippen LogP) is 2.66. The van der Waals surface area contributed by atoms with Crippen LogP contribution >= 0.6 is 11.8 Å². The smallest absolute Gasteiger partial charge is 0.228 e. The Labute approximate surface area is 126 Å². The molecule has 1 atom stereocenters. The van der Waals surface area contributed by atoms with E-state index in [0.717, 1.165) is 24.5 Å². The number of hydrogen-bond donors (Lipinski definition) is 1. The summed E-state index contributed by atoms with van der Waals surface area (Å²) in [7, 11) is 1.71. The summed E-state index contributed by atoms with van der Waals surface area (Å²) in [5.74, 6) is 2.23. The largest absolute Gasteiger partial charge is 0.383 e. The highest BCUT2D eigenvalue weighted by Crippen LogP contribution is 2.26. The van der Waals surface area contributed by atoms with E-state index in [9.17, 15) is 0 Å². The second-order valence-corrected chi connectivity index (χ2v) is 7.62. The Morgan fingerprint density at radius 2 is 2.15 bits per heavy atom. The number of thioether (sulfide) groups is 1. The fourth-order valence-corrected chi connectivity index (χ4v) is 2.34. The Kier molecular flexibility index (Phi) is 7.55. The Bertz CT molecular complexity index is 377. The van der Waals surface area contributed by atoms with Crippen molar-refractivity contribution in [1.82, 2.24) is 15.5 Å². The zero-order valence-corrected chi connectivity index (χ0v) is 14.0. The topological polar surface area (TPSA) is 60.2 Å². The van der Waals surface area contributed by atoms with Gasteiger partial charge in [-0.2, -0.15) is 4.98 Å². The Hall–Kier alpha value is -0.590. The summed E-state index contributed by atoms with van der Waals surface area (Å²) in [4.78, 5) is 4.45. The lowest BCUT2D eigenvalue weighted by atomic mass is 10.2. The second-order valence-electron chi connectivity index (χ2n) is 5.82. The summed E-state index contributed by atoms with van der Waals surface area (Å²) in [6.07, 6.45) is 1.80. The van der Waals surface area contributed by atoms with E-state index < -0.39 is 0 Å². The molecule has 0 amide bonds. The molecular formula is C14H27N3O2S. The number of nitrogens with zero attached hydrogens (tertiary/aromatic N) is 2. The average Bonchev–Trinajstić information content (AvgIpc) is 2.81. The van der Waals surface area contributed by atoms with Gasteiger partial charge in [0, 0.05) is 24.3 Å². The molecule has 6 heteroatoms. The summed E-state index contributed by atoms with van der Waals surface area (Å²) < 4.78 is 10.7. The van der Waals surface area contributed by atoms with Gasteiger partial charge >= 0.3 is 0 Å². The van der Waals surface area contributed by atoms with Crippen LogP contribution in [0.3, 0.4) is 0 Å². The minimum absolute atomic E-state index is 0.210. The quantitative estimate of drug-likeness (QED) is 0.756. The number of rotatable bonds is 9. The molecule has 1 N–H and O–H groups in total. The molecule has 1 aromatic heterocycles. The Morgan fingerprint density at radius 1 is 1.40 bits per heavy atom. The summed E-state index contributed by atoms with van der Waals surface area (Å²) in [6, 6.07) is 0.225. The molecule has 116 valence electrons. The average molecular weight is 301 g/mol. The van der Waals surface area contributed by atoms with Gasteiger partial charge in [0.1, 0.15) is 0 Å². The highest BCUT2D eigenvalue weighted by molar-refractivity contribution is 7.99. The monoisotopic (exact) mass is 301 g/mol. The van der Waals surface area contributed by atoms with E-state index in [4.69, 9.17) is 9.26 Å². The van der Waals surface area contributed by atoms with Crippen LogP contribution in [0.25, 0.3) is 0 Å². The van der Waals surface area contributed by atoms with Gasteiger partial charge in [-0.15, -0.1) is 11.8 Å². The van der Waals surface area contributed by atoms with Gasteiger partial charge < -0.3 is 14.6 Å². The first kappa shape index (κ1) is 17.5. The van der Waals surface area contributed by atoms with Crippen LogP contribution < -0.4 is 5.32 Å². The van der Waals surface area contributed by atoms with Crippen molar-refractivity contribution < 1.29 is 9.26 Å². The highest BCUT2D eigenvalue weighted by Gasteiger charge is 2.16. The zero-order chi connectivity index (χ0) is 15.0. The molecule has 0 saturated heterocycles. The van der Waals surface area contributed by atoms with Gasteiger partial charge in [0.25, 0.3) is 0 Å². The Balaban J connectivity index is 2.48. The van der Waals surface area contributed by atoms with Gasteiger partial charge in [-0.05, 0) is 13.0 Å². The predicted molar refractivity (Wildman–Crippen MR) is 83.0 cm³/mol. The standard InChI is InChI=1S/C14H27N3O2S/c1-6-7-15-11(9-18-5)8-13-16-12(17-19-13)10-20-14(2,3)4/h11,15H,6-10H2,1-5H3. The van der Waals surface area contributed by atoms with Crippen molar-refractivity contribution in [3.05, 3.63) is 11.7 Å². The fourth-order valence-electron chi connectivity index (χ4n) is 1.66. The van der Waals surface area contributed by atoms with Gasteiger partial charge in [-0.1, -0.05) is 32.9 Å². The lowest BCUT2D eigenvalue weighted by Crippen LogP contribution is -2.35. The van der Waals surface area contributed by atoms with Gasteiger partial charge in [-0.25, -0.2) is 0 Å². The van der Waals surface area contributed by atoms with Crippen molar-refractivity contribution in [2.75, 3.05) is 20.3 Å². The van der Waals surface area contributed by atoms with Crippen LogP contribution in [0.15, 0.2) is 4.52 Å². The molecule has 0 aromatic carbocycles. The van der Waals surface area contributed by atoms with Gasteiger partial charge in [0.05, 0.1) is 12.4 Å². The minimum atomic E-state index is 0.210. The molecular weight excluding hydrogens is 274 g/mol. The number of ether oxygens (including phenoxy) is 1. The van der Waals surface area contributed by atoms with Crippen LogP contribution in [0.4, 0.5) is 0 Å². The highest BCUT2D eigenvalue weighted by atomic mass is 32.2. The van der Waals surface area contributed by atoms with Crippen LogP contribution in [-0.2, 0) is 16.9 Å². The third-order valence-electron chi connectivity index (χ3n) is 2.62. The van der Waals surface area contributed by atoms with Crippen LogP contribution in [0, 0.1) is 0 Å². The number of hydrogen-bond acceptors (Lipinski definition) is 6. The molecule has 0 aliphatic heterocycles. The molecule has 1 heterocycles. The van der Waals surface area contributed by atoms with E-state index in [2.05, 4.69) is 43.2 Å². The van der Waals surface area contributed by atoms with Crippen LogP contribution in [0.2, 0.25) is 0 Å². The molecule has 20 heavy (non-hydrogen) atoms. The summed E-state index contributed by atoms with van der Waals surface area (Å²) in [5.41, 5.74) is 0. The van der Waals surface area contributed by atoms with Crippen molar-refractivity contribution in [2.24, 2.45) is 0 Å². The van der Waals surface area contributed by atoms with Gasteiger partial charge in [0.2, 0.25) is 5.89 Å². The third-order valence-corrected chi connectivity index (χ3v) is 3.88. The SMILES string of the molecule is CCCNC(COC)Cc1nc(CSC(C)(C)C)no1. The van der Waals surface area contributed by atoms with Crippen LogP contribution in [0.5, 0.6) is 0 Å². The molecule has 1 unspecified atom stereocenters. The van der Waals surface area contributed by atoms with Crippen molar-refractivity contribution in [3.63, 3.8) is 0 Å². The minimum Gasteiger partial charge on any atom is -0.383 e. The maximum atomic E-state index is 5.32. The van der Waals surface area contributed by atoms with E-state index in [0.29, 0.717) is 18.9 Å². The van der Waals surface area contributed by atoms with Crippen LogP contribution in [0.1, 0.15) is 45.8 Å². The number of aromatic nitrogens is 2. The number of methoxy groups -OCH3 is 1. The molecule has 0 aliphatic carbocycles. The molecule has 0 spiro atoms. The molecule has 0 aliphatic rings. The van der Waals surface area contributed by atoms with Crippen molar-refractivity contribution in [1.29, 1.82) is 0 Å². The molecule has 0 fully saturated rings. The summed E-state index contributed by atoms with van der Waals surface area (Å²) in [6.45, 7) is 10.3. The van der Waals surface area contributed by atoms with E-state index >= 15 is 0 Å². The molecule has 1 rings (SSSR count). The molecule has 0 bridgehead atoms. The fraction of sp³-hybridized carbons (Fsp3) is 0.857. The molecule has 1 aromatic rings. The normalized spacial score (nSPS) is 13.7. The van der Waals surface area contributed by atoms with Crippen LogP contribution in [-0.4, -0.2) is 41.2 Å².